The fourth-order valence-electron chi connectivity index (χ4n) is 3.22. The van der Waals surface area contributed by atoms with Crippen LogP contribution in [0.15, 0.2) is 54.9 Å². The van der Waals surface area contributed by atoms with Gasteiger partial charge in [0.1, 0.15) is 17.2 Å². The van der Waals surface area contributed by atoms with Crippen LogP contribution in [0.3, 0.4) is 0 Å². The highest BCUT2D eigenvalue weighted by Gasteiger charge is 2.37. The van der Waals surface area contributed by atoms with Gasteiger partial charge in [0.25, 0.3) is 0 Å². The maximum absolute atomic E-state index is 13.6. The molecule has 0 unspecified atom stereocenters. The lowest BCUT2D eigenvalue weighted by Gasteiger charge is -2.36. The summed E-state index contributed by atoms with van der Waals surface area (Å²) in [6.07, 6.45) is -2.03. The summed E-state index contributed by atoms with van der Waals surface area (Å²) in [4.78, 5) is 16.0. The predicted molar refractivity (Wildman–Crippen MR) is 110 cm³/mol. The molecule has 1 aliphatic rings. The average molecular weight is 435 g/mol. The molecule has 10 heteroatoms. The van der Waals surface area contributed by atoms with Crippen LogP contribution in [0.1, 0.15) is 5.56 Å². The molecule has 0 saturated carbocycles. The maximum atomic E-state index is 13.6. The molecule has 0 spiro atoms. The normalized spacial score (nSPS) is 14.7. The van der Waals surface area contributed by atoms with Gasteiger partial charge in [-0.1, -0.05) is 17.7 Å². The van der Waals surface area contributed by atoms with E-state index < -0.39 is 11.7 Å². The second-order valence-corrected chi connectivity index (χ2v) is 7.16. The van der Waals surface area contributed by atoms with Gasteiger partial charge in [-0.2, -0.15) is 18.2 Å². The van der Waals surface area contributed by atoms with Crippen LogP contribution in [0.4, 0.5) is 36.4 Å². The lowest BCUT2D eigenvalue weighted by Crippen LogP contribution is -2.47. The quantitative estimate of drug-likeness (QED) is 0.647. The van der Waals surface area contributed by atoms with E-state index in [1.165, 1.54) is 0 Å². The van der Waals surface area contributed by atoms with Crippen molar-refractivity contribution in [2.45, 2.75) is 6.18 Å². The van der Waals surface area contributed by atoms with Gasteiger partial charge < -0.3 is 15.1 Å². The van der Waals surface area contributed by atoms with Gasteiger partial charge >= 0.3 is 6.18 Å². The maximum Gasteiger partial charge on any atom is 0.421 e. The second kappa shape index (κ2) is 8.35. The van der Waals surface area contributed by atoms with E-state index in [0.717, 1.165) is 12.0 Å². The number of nitrogens with one attached hydrogen (secondary N) is 1. The van der Waals surface area contributed by atoms with Crippen molar-refractivity contribution in [2.75, 3.05) is 41.3 Å². The number of piperazine rings is 1. The Bertz CT molecular complexity index is 990. The Morgan fingerprint density at radius 3 is 2.23 bits per heavy atom. The smallest absolute Gasteiger partial charge is 0.353 e. The molecule has 30 heavy (non-hydrogen) atoms. The number of anilines is 4. The lowest BCUT2D eigenvalue weighted by atomic mass is 10.2. The summed E-state index contributed by atoms with van der Waals surface area (Å²) in [6.45, 7) is 1.85. The Kier molecular flexibility index (Phi) is 5.63. The van der Waals surface area contributed by atoms with Crippen LogP contribution in [0.25, 0.3) is 0 Å². The van der Waals surface area contributed by atoms with E-state index in [9.17, 15) is 13.2 Å². The number of halogens is 4. The fraction of sp³-hybridized carbons (Fsp3) is 0.250. The molecular weight excluding hydrogens is 417 g/mol. The third-order valence-electron chi connectivity index (χ3n) is 4.73. The average Bonchev–Trinajstić information content (AvgIpc) is 2.75. The van der Waals surface area contributed by atoms with Crippen LogP contribution < -0.4 is 15.1 Å². The van der Waals surface area contributed by atoms with Crippen LogP contribution >= 0.6 is 11.6 Å². The summed E-state index contributed by atoms with van der Waals surface area (Å²) in [7, 11) is 0. The number of nitrogens with zero attached hydrogens (tertiary/aromatic N) is 5. The molecule has 2 aromatic heterocycles. The zero-order valence-electron chi connectivity index (χ0n) is 15.8. The topological polar surface area (TPSA) is 57.2 Å². The molecule has 156 valence electrons. The monoisotopic (exact) mass is 434 g/mol. The summed E-state index contributed by atoms with van der Waals surface area (Å²) in [5.41, 5.74) is -0.222. The number of hydrogen-bond donors (Lipinski definition) is 1. The Morgan fingerprint density at radius 1 is 0.900 bits per heavy atom. The number of benzene rings is 1. The van der Waals surface area contributed by atoms with Gasteiger partial charge in [0.2, 0.25) is 5.95 Å². The Morgan fingerprint density at radius 2 is 1.60 bits per heavy atom. The predicted octanol–water partition coefficient (Wildman–Crippen LogP) is 4.61. The van der Waals surface area contributed by atoms with Gasteiger partial charge in [0.15, 0.2) is 0 Å². The van der Waals surface area contributed by atoms with E-state index in [1.807, 2.05) is 23.1 Å². The molecule has 1 N–H and O–H groups in total. The van der Waals surface area contributed by atoms with Crippen molar-refractivity contribution in [3.05, 3.63) is 65.4 Å². The Balaban J connectivity index is 1.56. The minimum absolute atomic E-state index is 0.0903. The van der Waals surface area contributed by atoms with Crippen molar-refractivity contribution in [1.82, 2.24) is 15.0 Å². The molecule has 6 nitrogen and oxygen atoms in total. The minimum atomic E-state index is -4.55. The van der Waals surface area contributed by atoms with Crippen molar-refractivity contribution in [2.24, 2.45) is 0 Å². The van der Waals surface area contributed by atoms with Crippen LogP contribution in [0.5, 0.6) is 0 Å². The van der Waals surface area contributed by atoms with E-state index >= 15 is 0 Å². The first-order chi connectivity index (χ1) is 14.4. The fourth-order valence-corrected chi connectivity index (χ4v) is 3.35. The highest BCUT2D eigenvalue weighted by Crippen LogP contribution is 2.36. The summed E-state index contributed by atoms with van der Waals surface area (Å²) < 4.78 is 40.8. The molecule has 1 aliphatic heterocycles. The molecule has 3 heterocycles. The van der Waals surface area contributed by atoms with E-state index in [1.54, 1.807) is 35.4 Å². The number of alkyl halides is 3. The highest BCUT2D eigenvalue weighted by molar-refractivity contribution is 6.30. The van der Waals surface area contributed by atoms with Gasteiger partial charge in [-0.3, -0.25) is 0 Å². The molecule has 1 saturated heterocycles. The molecular formula is C20H18ClF3N6. The zero-order valence-corrected chi connectivity index (χ0v) is 16.5. The lowest BCUT2D eigenvalue weighted by molar-refractivity contribution is -0.137. The number of pyridine rings is 1. The van der Waals surface area contributed by atoms with Crippen molar-refractivity contribution in [3.63, 3.8) is 0 Å². The SMILES string of the molecule is FC(F)(F)c1cnc(Nc2ccc(Cl)cc2)nc1N1CCN(c2ccccn2)CC1. The molecule has 3 aromatic rings. The Hall–Kier alpha value is -3.07. The summed E-state index contributed by atoms with van der Waals surface area (Å²) in [5.74, 6) is 0.767. The van der Waals surface area contributed by atoms with Crippen molar-refractivity contribution < 1.29 is 13.2 Å². The third-order valence-corrected chi connectivity index (χ3v) is 4.98. The first kappa shape index (κ1) is 20.2. The first-order valence-corrected chi connectivity index (χ1v) is 9.66. The molecule has 0 radical (unpaired) electrons. The van der Waals surface area contributed by atoms with Crippen LogP contribution in [0, 0.1) is 0 Å². The van der Waals surface area contributed by atoms with E-state index in [-0.39, 0.29) is 11.8 Å². The van der Waals surface area contributed by atoms with Crippen LogP contribution in [-0.4, -0.2) is 41.1 Å². The summed E-state index contributed by atoms with van der Waals surface area (Å²) >= 11 is 5.87. The molecule has 1 fully saturated rings. The van der Waals surface area contributed by atoms with Crippen molar-refractivity contribution in [3.8, 4) is 0 Å². The molecule has 0 bridgehead atoms. The first-order valence-electron chi connectivity index (χ1n) is 9.28. The molecule has 1 aromatic carbocycles. The number of aromatic nitrogens is 3. The standard InChI is InChI=1S/C20H18ClF3N6/c21-14-4-6-15(7-5-14)27-19-26-13-16(20(22,23)24)18(28-19)30-11-9-29(10-12-30)17-3-1-2-8-25-17/h1-8,13H,9-12H2,(H,26,27,28). The Labute approximate surface area is 176 Å². The number of hydrogen-bond acceptors (Lipinski definition) is 6. The van der Waals surface area contributed by atoms with E-state index in [4.69, 9.17) is 11.6 Å². The van der Waals surface area contributed by atoms with E-state index in [0.29, 0.717) is 36.9 Å². The third kappa shape index (κ3) is 4.56. The van der Waals surface area contributed by atoms with Gasteiger partial charge in [0, 0.05) is 49.3 Å². The molecule has 4 rings (SSSR count). The largest absolute Gasteiger partial charge is 0.421 e. The second-order valence-electron chi connectivity index (χ2n) is 6.72. The van der Waals surface area contributed by atoms with Gasteiger partial charge in [0.05, 0.1) is 0 Å². The molecule has 0 amide bonds. The summed E-state index contributed by atoms with van der Waals surface area (Å²) in [6, 6.07) is 12.3. The van der Waals surface area contributed by atoms with Crippen LogP contribution in [0.2, 0.25) is 5.02 Å². The minimum Gasteiger partial charge on any atom is -0.353 e. The van der Waals surface area contributed by atoms with Crippen LogP contribution in [-0.2, 0) is 6.18 Å². The molecule has 0 aliphatic carbocycles. The zero-order chi connectivity index (χ0) is 21.1. The van der Waals surface area contributed by atoms with Gasteiger partial charge in [-0.15, -0.1) is 0 Å². The van der Waals surface area contributed by atoms with E-state index in [2.05, 4.69) is 20.3 Å². The van der Waals surface area contributed by atoms with Crippen molar-refractivity contribution >= 4 is 34.9 Å². The van der Waals surface area contributed by atoms with Gasteiger partial charge in [-0.05, 0) is 36.4 Å². The summed E-state index contributed by atoms with van der Waals surface area (Å²) in [5, 5.41) is 3.48. The molecule has 0 atom stereocenters. The van der Waals surface area contributed by atoms with Gasteiger partial charge in [-0.25, -0.2) is 9.97 Å². The number of rotatable bonds is 4. The van der Waals surface area contributed by atoms with Crippen molar-refractivity contribution in [1.29, 1.82) is 0 Å². The highest BCUT2D eigenvalue weighted by atomic mass is 35.5.